The van der Waals surface area contributed by atoms with Gasteiger partial charge in [0.1, 0.15) is 6.67 Å². The largest absolute Gasteiger partial charge is 0.452 e. The molecule has 1 unspecified atom stereocenters. The first-order valence-corrected chi connectivity index (χ1v) is 5.88. The second-order valence-electron chi connectivity index (χ2n) is 3.46. The minimum absolute atomic E-state index is 0.515. The number of esters is 1. The fourth-order valence-corrected chi connectivity index (χ4v) is 1.30. The first-order chi connectivity index (χ1) is 7.84. The molecule has 0 bridgehead atoms. The first kappa shape index (κ1) is 14.6. The molecule has 0 aromatic heterocycles. The van der Waals surface area contributed by atoms with E-state index in [2.05, 4.69) is 0 Å². The highest BCUT2D eigenvalue weighted by Gasteiger charge is 2.35. The van der Waals surface area contributed by atoms with E-state index in [4.69, 9.17) is 39.5 Å². The zero-order chi connectivity index (χ0) is 13.1. The third kappa shape index (κ3) is 4.34. The van der Waals surface area contributed by atoms with E-state index in [0.29, 0.717) is 5.56 Å². The van der Waals surface area contributed by atoms with Gasteiger partial charge in [-0.15, -0.1) is 0 Å². The van der Waals surface area contributed by atoms with Gasteiger partial charge in [-0.05, 0) is 12.5 Å². The molecule has 0 fully saturated rings. The number of hydrogen-bond acceptors (Lipinski definition) is 2. The van der Waals surface area contributed by atoms with Gasteiger partial charge in [0.2, 0.25) is 0 Å². The van der Waals surface area contributed by atoms with Crippen molar-refractivity contribution in [3.63, 3.8) is 0 Å². The van der Waals surface area contributed by atoms with Gasteiger partial charge < -0.3 is 4.74 Å². The second-order valence-corrected chi connectivity index (χ2v) is 5.74. The maximum absolute atomic E-state index is 12.8. The second kappa shape index (κ2) is 5.89. The summed E-state index contributed by atoms with van der Waals surface area (Å²) in [6.07, 6.45) is -1.06. The first-order valence-electron chi connectivity index (χ1n) is 4.75. The molecule has 2 nitrogen and oxygen atoms in total. The Morgan fingerprint density at radius 2 is 1.88 bits per heavy atom. The summed E-state index contributed by atoms with van der Waals surface area (Å²) in [5.41, 5.74) is 1.53. The number of rotatable bonds is 3. The van der Waals surface area contributed by atoms with E-state index in [1.165, 1.54) is 0 Å². The molecule has 0 spiro atoms. The van der Waals surface area contributed by atoms with E-state index in [1.54, 1.807) is 24.3 Å². The molecule has 0 saturated carbocycles. The maximum Gasteiger partial charge on any atom is 0.359 e. The van der Waals surface area contributed by atoms with E-state index in [0.717, 1.165) is 5.56 Å². The molecule has 0 amide bonds. The molecule has 1 aromatic rings. The Balaban J connectivity index is 2.79. The van der Waals surface area contributed by atoms with Crippen LogP contribution in [0.25, 0.3) is 0 Å². The summed E-state index contributed by atoms with van der Waals surface area (Å²) in [5.74, 6) is -1.09. The van der Waals surface area contributed by atoms with E-state index in [-0.39, 0.29) is 0 Å². The van der Waals surface area contributed by atoms with Crippen LogP contribution in [0.2, 0.25) is 0 Å². The highest BCUT2D eigenvalue weighted by Crippen LogP contribution is 2.30. The van der Waals surface area contributed by atoms with Crippen LogP contribution < -0.4 is 0 Å². The molecule has 17 heavy (non-hydrogen) atoms. The van der Waals surface area contributed by atoms with Crippen molar-refractivity contribution in [2.75, 3.05) is 6.67 Å². The Bertz CT molecular complexity index is 387. The summed E-state index contributed by atoms with van der Waals surface area (Å²) in [5, 5.41) is 0. The maximum atomic E-state index is 12.8. The SMILES string of the molecule is Cc1ccc(C(CF)OC(=O)C(Cl)(Cl)Cl)cc1. The third-order valence-electron chi connectivity index (χ3n) is 2.07. The quantitative estimate of drug-likeness (QED) is 0.624. The number of alkyl halides is 4. The summed E-state index contributed by atoms with van der Waals surface area (Å²) in [6.45, 7) is 1.01. The van der Waals surface area contributed by atoms with E-state index < -0.39 is 22.5 Å². The number of aryl methyl sites for hydroxylation is 1. The normalized spacial score (nSPS) is 13.2. The Hall–Kier alpha value is -0.510. The van der Waals surface area contributed by atoms with Crippen LogP contribution >= 0.6 is 34.8 Å². The van der Waals surface area contributed by atoms with Crippen LogP contribution in [-0.4, -0.2) is 16.4 Å². The number of carbonyl (C=O) groups excluding carboxylic acids is 1. The van der Waals surface area contributed by atoms with Gasteiger partial charge in [-0.3, -0.25) is 0 Å². The van der Waals surface area contributed by atoms with Crippen molar-refractivity contribution in [1.29, 1.82) is 0 Å². The van der Waals surface area contributed by atoms with Gasteiger partial charge in [-0.2, -0.15) is 0 Å². The van der Waals surface area contributed by atoms with Crippen molar-refractivity contribution in [3.8, 4) is 0 Å². The van der Waals surface area contributed by atoms with Crippen LogP contribution in [-0.2, 0) is 9.53 Å². The lowest BCUT2D eigenvalue weighted by molar-refractivity contribution is -0.149. The Kier molecular flexibility index (Phi) is 5.04. The summed E-state index contributed by atoms with van der Waals surface area (Å²) in [7, 11) is 0. The molecule has 94 valence electrons. The number of hydrogen-bond donors (Lipinski definition) is 0. The van der Waals surface area contributed by atoms with Gasteiger partial charge >= 0.3 is 5.97 Å². The zero-order valence-electron chi connectivity index (χ0n) is 8.92. The lowest BCUT2D eigenvalue weighted by Gasteiger charge is -2.18. The smallest absolute Gasteiger partial charge is 0.359 e. The van der Waals surface area contributed by atoms with Gasteiger partial charge in [0.15, 0.2) is 6.10 Å². The molecule has 0 heterocycles. The van der Waals surface area contributed by atoms with Crippen molar-refractivity contribution in [1.82, 2.24) is 0 Å². The monoisotopic (exact) mass is 298 g/mol. The fraction of sp³-hybridized carbons (Fsp3) is 0.364. The van der Waals surface area contributed by atoms with Crippen LogP contribution in [0, 0.1) is 6.92 Å². The standard InChI is InChI=1S/C11H10Cl3FO2/c1-7-2-4-8(5-3-7)9(6-15)17-10(16)11(12,13)14/h2-5,9H,6H2,1H3. The van der Waals surface area contributed by atoms with Crippen molar-refractivity contribution in [2.24, 2.45) is 0 Å². The minimum atomic E-state index is -2.20. The molecular weight excluding hydrogens is 289 g/mol. The molecule has 0 saturated heterocycles. The molecule has 6 heteroatoms. The molecule has 0 aliphatic rings. The van der Waals surface area contributed by atoms with Gasteiger partial charge in [-0.1, -0.05) is 64.6 Å². The fourth-order valence-electron chi connectivity index (χ4n) is 1.17. The van der Waals surface area contributed by atoms with Gasteiger partial charge in [0.05, 0.1) is 0 Å². The van der Waals surface area contributed by atoms with Crippen LogP contribution in [0.4, 0.5) is 4.39 Å². The third-order valence-corrected chi connectivity index (χ3v) is 2.53. The highest BCUT2D eigenvalue weighted by atomic mass is 35.6. The number of ether oxygens (including phenoxy) is 1. The van der Waals surface area contributed by atoms with Gasteiger partial charge in [0.25, 0.3) is 3.79 Å². The van der Waals surface area contributed by atoms with E-state index >= 15 is 0 Å². The summed E-state index contributed by atoms with van der Waals surface area (Å²) >= 11 is 16.0. The lowest BCUT2D eigenvalue weighted by Crippen LogP contribution is -2.25. The lowest BCUT2D eigenvalue weighted by atomic mass is 10.1. The Labute approximate surface area is 114 Å². The average Bonchev–Trinajstić information content (AvgIpc) is 2.25. The van der Waals surface area contributed by atoms with Crippen LogP contribution in [0.5, 0.6) is 0 Å². The van der Waals surface area contributed by atoms with Crippen molar-refractivity contribution < 1.29 is 13.9 Å². The molecule has 0 aliphatic heterocycles. The molecular formula is C11H10Cl3FO2. The molecule has 0 radical (unpaired) electrons. The molecule has 0 aliphatic carbocycles. The Morgan fingerprint density at radius 3 is 2.29 bits per heavy atom. The van der Waals surface area contributed by atoms with E-state index in [1.807, 2.05) is 6.92 Å². The van der Waals surface area contributed by atoms with Crippen molar-refractivity contribution >= 4 is 40.8 Å². The average molecular weight is 300 g/mol. The molecule has 1 rings (SSSR count). The van der Waals surface area contributed by atoms with Crippen LogP contribution in [0.3, 0.4) is 0 Å². The molecule has 1 atom stereocenters. The minimum Gasteiger partial charge on any atom is -0.452 e. The molecule has 1 aromatic carbocycles. The summed E-state index contributed by atoms with van der Waals surface area (Å²) in [6, 6.07) is 6.87. The predicted molar refractivity (Wildman–Crippen MR) is 66.3 cm³/mol. The predicted octanol–water partition coefficient (Wildman–Crippen LogP) is 3.92. The topological polar surface area (TPSA) is 26.3 Å². The van der Waals surface area contributed by atoms with Crippen molar-refractivity contribution in [2.45, 2.75) is 16.8 Å². The number of carbonyl (C=O) groups is 1. The van der Waals surface area contributed by atoms with Gasteiger partial charge in [0, 0.05) is 0 Å². The number of halogens is 4. The van der Waals surface area contributed by atoms with Crippen molar-refractivity contribution in [3.05, 3.63) is 35.4 Å². The van der Waals surface area contributed by atoms with E-state index in [9.17, 15) is 9.18 Å². The Morgan fingerprint density at radius 1 is 1.35 bits per heavy atom. The van der Waals surface area contributed by atoms with Gasteiger partial charge in [-0.25, -0.2) is 9.18 Å². The van der Waals surface area contributed by atoms with Crippen LogP contribution in [0.15, 0.2) is 24.3 Å². The zero-order valence-corrected chi connectivity index (χ0v) is 11.2. The molecule has 0 N–H and O–H groups in total. The highest BCUT2D eigenvalue weighted by molar-refractivity contribution is 6.75. The number of benzene rings is 1. The summed E-state index contributed by atoms with van der Waals surface area (Å²) in [4.78, 5) is 11.3. The van der Waals surface area contributed by atoms with Crippen LogP contribution in [0.1, 0.15) is 17.2 Å². The summed E-state index contributed by atoms with van der Waals surface area (Å²) < 4.78 is 15.4.